The van der Waals surface area contributed by atoms with Gasteiger partial charge in [-0.2, -0.15) is 8.78 Å². The van der Waals surface area contributed by atoms with Gasteiger partial charge in [-0.25, -0.2) is 0 Å². The molecule has 1 aromatic carbocycles. The first-order valence-electron chi connectivity index (χ1n) is 8.79. The van der Waals surface area contributed by atoms with Gasteiger partial charge in [-0.1, -0.05) is 32.9 Å². The van der Waals surface area contributed by atoms with Crippen LogP contribution in [0.25, 0.3) is 0 Å². The summed E-state index contributed by atoms with van der Waals surface area (Å²) in [5.41, 5.74) is 0.199. The number of aliphatic hydroxyl groups is 1. The Kier molecular flexibility index (Phi) is 6.94. The van der Waals surface area contributed by atoms with E-state index >= 15 is 0 Å². The first-order chi connectivity index (χ1) is 12.1. The first kappa shape index (κ1) is 20.6. The highest BCUT2D eigenvalue weighted by Gasteiger charge is 2.28. The number of benzene rings is 1. The van der Waals surface area contributed by atoms with E-state index in [1.807, 2.05) is 20.8 Å². The van der Waals surface area contributed by atoms with Gasteiger partial charge in [0.1, 0.15) is 5.75 Å². The molecule has 2 unspecified atom stereocenters. The van der Waals surface area contributed by atoms with Crippen LogP contribution >= 0.6 is 0 Å². The standard InChI is InChI=1S/C19H27F2NO4/c1-19(2,3)16(23)10-17(24)22-15(11-25-13-7-8-13)12-5-4-6-14(9-12)26-18(20)21/h4-6,9,13,15-16,18,23H,7-8,10-11H2,1-3H3,(H,22,24). The minimum atomic E-state index is -2.91. The van der Waals surface area contributed by atoms with Gasteiger partial charge in [0, 0.05) is 0 Å². The average Bonchev–Trinajstić information content (AvgIpc) is 3.34. The van der Waals surface area contributed by atoms with Gasteiger partial charge in [-0.05, 0) is 36.0 Å². The summed E-state index contributed by atoms with van der Waals surface area (Å²) in [5.74, 6) is -0.296. The van der Waals surface area contributed by atoms with Gasteiger partial charge in [0.15, 0.2) is 0 Å². The normalized spacial score (nSPS) is 17.0. The van der Waals surface area contributed by atoms with Crippen molar-refractivity contribution in [2.45, 2.75) is 64.9 Å². The molecule has 1 aromatic rings. The summed E-state index contributed by atoms with van der Waals surface area (Å²) in [7, 11) is 0. The molecule has 1 aliphatic carbocycles. The van der Waals surface area contributed by atoms with Crippen molar-refractivity contribution >= 4 is 5.91 Å². The van der Waals surface area contributed by atoms with Crippen molar-refractivity contribution in [1.82, 2.24) is 5.32 Å². The number of aliphatic hydroxyl groups excluding tert-OH is 1. The molecule has 1 fully saturated rings. The highest BCUT2D eigenvalue weighted by atomic mass is 19.3. The molecule has 2 N–H and O–H groups in total. The zero-order valence-electron chi connectivity index (χ0n) is 15.4. The van der Waals surface area contributed by atoms with Crippen LogP contribution in [0.3, 0.4) is 0 Å². The van der Waals surface area contributed by atoms with Crippen molar-refractivity contribution in [3.63, 3.8) is 0 Å². The molecule has 5 nitrogen and oxygen atoms in total. The van der Waals surface area contributed by atoms with Crippen molar-refractivity contribution in [3.8, 4) is 5.75 Å². The molecule has 7 heteroatoms. The molecule has 0 aliphatic heterocycles. The maximum atomic E-state index is 12.4. The molecule has 26 heavy (non-hydrogen) atoms. The maximum Gasteiger partial charge on any atom is 0.387 e. The Hall–Kier alpha value is -1.73. The lowest BCUT2D eigenvalue weighted by Crippen LogP contribution is -2.37. The highest BCUT2D eigenvalue weighted by molar-refractivity contribution is 5.77. The van der Waals surface area contributed by atoms with Crippen LogP contribution < -0.4 is 10.1 Å². The van der Waals surface area contributed by atoms with Crippen molar-refractivity contribution in [1.29, 1.82) is 0 Å². The van der Waals surface area contributed by atoms with Crippen LogP contribution in [0, 0.1) is 5.41 Å². The van der Waals surface area contributed by atoms with E-state index < -0.39 is 24.2 Å². The summed E-state index contributed by atoms with van der Waals surface area (Å²) in [6.45, 7) is 2.88. The number of amides is 1. The predicted octanol–water partition coefficient (Wildman–Crippen LogP) is 3.42. The SMILES string of the molecule is CC(C)(C)C(O)CC(=O)NC(COC1CC1)c1cccc(OC(F)F)c1. The number of alkyl halides is 2. The van der Waals surface area contributed by atoms with Gasteiger partial charge in [0.05, 0.1) is 31.3 Å². The molecule has 0 saturated heterocycles. The Balaban J connectivity index is 2.06. The van der Waals surface area contributed by atoms with E-state index in [1.54, 1.807) is 12.1 Å². The van der Waals surface area contributed by atoms with Gasteiger partial charge >= 0.3 is 6.61 Å². The number of halogens is 2. The van der Waals surface area contributed by atoms with E-state index in [0.717, 1.165) is 12.8 Å². The summed E-state index contributed by atoms with van der Waals surface area (Å²) in [4.78, 5) is 12.3. The first-order valence-corrected chi connectivity index (χ1v) is 8.79. The molecule has 0 heterocycles. The topological polar surface area (TPSA) is 67.8 Å². The Morgan fingerprint density at radius 2 is 2.04 bits per heavy atom. The van der Waals surface area contributed by atoms with Gasteiger partial charge < -0.3 is 19.9 Å². The van der Waals surface area contributed by atoms with Crippen LogP contribution in [0.1, 0.15) is 51.6 Å². The van der Waals surface area contributed by atoms with Crippen molar-refractivity contribution < 1.29 is 28.2 Å². The predicted molar refractivity (Wildman–Crippen MR) is 93.0 cm³/mol. The van der Waals surface area contributed by atoms with Crippen LogP contribution in [-0.4, -0.2) is 36.4 Å². The summed E-state index contributed by atoms with van der Waals surface area (Å²) >= 11 is 0. The quantitative estimate of drug-likeness (QED) is 0.698. The third-order valence-corrected chi connectivity index (χ3v) is 4.22. The van der Waals surface area contributed by atoms with E-state index in [0.29, 0.717) is 5.56 Å². The number of hydrogen-bond acceptors (Lipinski definition) is 4. The zero-order chi connectivity index (χ0) is 19.3. The molecule has 2 atom stereocenters. The van der Waals surface area contributed by atoms with E-state index in [1.165, 1.54) is 12.1 Å². The second-order valence-electron chi connectivity index (χ2n) is 7.69. The molecular weight excluding hydrogens is 344 g/mol. The summed E-state index contributed by atoms with van der Waals surface area (Å²) in [6.07, 6.45) is 1.32. The van der Waals surface area contributed by atoms with Gasteiger partial charge in [0.2, 0.25) is 5.91 Å². The molecule has 0 aromatic heterocycles. The molecule has 1 amide bonds. The van der Waals surface area contributed by atoms with Crippen molar-refractivity contribution in [2.24, 2.45) is 5.41 Å². The summed E-state index contributed by atoms with van der Waals surface area (Å²) in [5, 5.41) is 12.9. The van der Waals surface area contributed by atoms with Gasteiger partial charge in [0.25, 0.3) is 0 Å². The largest absolute Gasteiger partial charge is 0.435 e. The molecule has 1 saturated carbocycles. The lowest BCUT2D eigenvalue weighted by molar-refractivity contribution is -0.125. The second kappa shape index (κ2) is 8.77. The second-order valence-corrected chi connectivity index (χ2v) is 7.69. The number of carbonyl (C=O) groups is 1. The van der Waals surface area contributed by atoms with Crippen molar-refractivity contribution in [2.75, 3.05) is 6.61 Å². The molecule has 0 bridgehead atoms. The fraction of sp³-hybridized carbons (Fsp3) is 0.632. The van der Waals surface area contributed by atoms with Crippen LogP contribution in [0.4, 0.5) is 8.78 Å². The lowest BCUT2D eigenvalue weighted by atomic mass is 9.87. The average molecular weight is 371 g/mol. The molecule has 1 aliphatic rings. The lowest BCUT2D eigenvalue weighted by Gasteiger charge is -2.26. The smallest absolute Gasteiger partial charge is 0.387 e. The minimum absolute atomic E-state index is 0.0258. The Labute approximate surface area is 152 Å². The van der Waals surface area contributed by atoms with Gasteiger partial charge in [-0.15, -0.1) is 0 Å². The minimum Gasteiger partial charge on any atom is -0.435 e. The third kappa shape index (κ3) is 6.88. The van der Waals surface area contributed by atoms with Crippen LogP contribution in [0.5, 0.6) is 5.75 Å². The van der Waals surface area contributed by atoms with E-state index in [2.05, 4.69) is 10.1 Å². The monoisotopic (exact) mass is 371 g/mol. The fourth-order valence-corrected chi connectivity index (χ4v) is 2.33. The molecule has 0 spiro atoms. The summed E-state index contributed by atoms with van der Waals surface area (Å²) < 4.78 is 35.0. The number of rotatable bonds is 9. The molecule has 146 valence electrons. The van der Waals surface area contributed by atoms with Crippen LogP contribution in [0.15, 0.2) is 24.3 Å². The Morgan fingerprint density at radius 1 is 1.35 bits per heavy atom. The van der Waals surface area contributed by atoms with Crippen molar-refractivity contribution in [3.05, 3.63) is 29.8 Å². The number of carbonyl (C=O) groups excluding carboxylic acids is 1. The third-order valence-electron chi connectivity index (χ3n) is 4.22. The van der Waals surface area contributed by atoms with Gasteiger partial charge in [-0.3, -0.25) is 4.79 Å². The Bertz CT molecular complexity index is 599. The van der Waals surface area contributed by atoms with Crippen LogP contribution in [-0.2, 0) is 9.53 Å². The number of nitrogens with one attached hydrogen (secondary N) is 1. The zero-order valence-corrected chi connectivity index (χ0v) is 15.4. The van der Waals surface area contributed by atoms with E-state index in [4.69, 9.17) is 4.74 Å². The van der Waals surface area contributed by atoms with E-state index in [9.17, 15) is 18.7 Å². The van der Waals surface area contributed by atoms with E-state index in [-0.39, 0.29) is 30.8 Å². The molecule has 0 radical (unpaired) electrons. The van der Waals surface area contributed by atoms with Crippen LogP contribution in [0.2, 0.25) is 0 Å². The highest BCUT2D eigenvalue weighted by Crippen LogP contribution is 2.27. The molecule has 2 rings (SSSR count). The Morgan fingerprint density at radius 3 is 2.62 bits per heavy atom. The summed E-state index contributed by atoms with van der Waals surface area (Å²) in [6, 6.07) is 5.71. The molecular formula is C19H27F2NO4. The number of ether oxygens (including phenoxy) is 2. The maximum absolute atomic E-state index is 12.4. The number of hydrogen-bond donors (Lipinski definition) is 2. The fourth-order valence-electron chi connectivity index (χ4n) is 2.33.